The van der Waals surface area contributed by atoms with Gasteiger partial charge in [0.05, 0.1) is 72.5 Å². The van der Waals surface area contributed by atoms with Gasteiger partial charge in [-0.1, -0.05) is 0 Å². The lowest BCUT2D eigenvalue weighted by Gasteiger charge is -2.03. The van der Waals surface area contributed by atoms with Crippen molar-refractivity contribution in [3.8, 4) is 0 Å². The number of nitrogens with two attached hydrogens (primary N) is 1. The number of ether oxygens (including phenoxy) is 6. The third-order valence-corrected chi connectivity index (χ3v) is 2.33. The summed E-state index contributed by atoms with van der Waals surface area (Å²) >= 11 is 0. The van der Waals surface area contributed by atoms with Crippen molar-refractivity contribution in [2.24, 2.45) is 5.73 Å². The highest BCUT2D eigenvalue weighted by molar-refractivity contribution is 5.66. The van der Waals surface area contributed by atoms with E-state index >= 15 is 0 Å². The van der Waals surface area contributed by atoms with Gasteiger partial charge in [0.2, 0.25) is 0 Å². The van der Waals surface area contributed by atoms with Crippen LogP contribution < -0.4 is 5.73 Å². The van der Waals surface area contributed by atoms with Crippen molar-refractivity contribution in [2.75, 3.05) is 86.8 Å². The molecule has 0 aromatic carbocycles. The smallest absolute Gasteiger partial charge is 0.305 e. The molecule has 0 amide bonds. The van der Waals surface area contributed by atoms with E-state index < -0.39 is 5.97 Å². The third kappa shape index (κ3) is 29.2. The second kappa shape index (κ2) is 24.4. The molecule has 9 nitrogen and oxygen atoms in total. The maximum Gasteiger partial charge on any atom is 0.305 e. The molecule has 146 valence electrons. The van der Waals surface area contributed by atoms with Gasteiger partial charge in [0.15, 0.2) is 0 Å². The molecule has 9 heteroatoms. The molecule has 0 aromatic heterocycles. The van der Waals surface area contributed by atoms with E-state index in [0.717, 1.165) is 0 Å². The minimum absolute atomic E-state index is 0.0398. The number of rotatable bonds is 17. The molecule has 0 aromatic rings. The van der Waals surface area contributed by atoms with Gasteiger partial charge >= 0.3 is 5.97 Å². The van der Waals surface area contributed by atoms with Crippen molar-refractivity contribution in [3.05, 3.63) is 0 Å². The van der Waals surface area contributed by atoms with Crippen LogP contribution in [-0.4, -0.2) is 97.9 Å². The maximum atomic E-state index is 10.0. The Morgan fingerprint density at radius 1 is 0.708 bits per heavy atom. The molecule has 0 rings (SSSR count). The number of hydrogen-bond acceptors (Lipinski definition) is 8. The lowest BCUT2D eigenvalue weighted by Crippen LogP contribution is -2.13. The molecule has 0 aliphatic rings. The average Bonchev–Trinajstić information content (AvgIpc) is 2.57. The Balaban J connectivity index is 0. The highest BCUT2D eigenvalue weighted by Gasteiger charge is 1.95. The predicted molar refractivity (Wildman–Crippen MR) is 88.3 cm³/mol. The zero-order valence-corrected chi connectivity index (χ0v) is 14.9. The number of hydrogen-bond donors (Lipinski definition) is 2. The first kappa shape index (κ1) is 25.4. The number of carboxylic acids is 1. The van der Waals surface area contributed by atoms with Gasteiger partial charge in [-0.15, -0.1) is 0 Å². The van der Waals surface area contributed by atoms with E-state index in [9.17, 15) is 4.79 Å². The molecule has 0 radical (unpaired) electrons. The fourth-order valence-electron chi connectivity index (χ4n) is 1.17. The maximum absolute atomic E-state index is 10.0. The van der Waals surface area contributed by atoms with Gasteiger partial charge in [0.25, 0.3) is 0 Å². The minimum atomic E-state index is -0.847. The Hall–Kier alpha value is -0.810. The zero-order valence-electron chi connectivity index (χ0n) is 14.9. The van der Waals surface area contributed by atoms with Gasteiger partial charge in [0, 0.05) is 20.8 Å². The fraction of sp³-hybridized carbons (Fsp3) is 0.933. The lowest BCUT2D eigenvalue weighted by atomic mass is 10.5. The van der Waals surface area contributed by atoms with E-state index in [-0.39, 0.29) is 13.0 Å². The van der Waals surface area contributed by atoms with Crippen LogP contribution in [0.5, 0.6) is 0 Å². The van der Waals surface area contributed by atoms with Gasteiger partial charge in [-0.2, -0.15) is 0 Å². The van der Waals surface area contributed by atoms with Crippen LogP contribution in [0.3, 0.4) is 0 Å². The summed E-state index contributed by atoms with van der Waals surface area (Å²) in [6.07, 6.45) is 0.0398. The first-order chi connectivity index (χ1) is 11.7. The Bertz CT molecular complexity index is 236. The summed E-state index contributed by atoms with van der Waals surface area (Å²) in [5.74, 6) is -0.847. The molecule has 0 aliphatic carbocycles. The summed E-state index contributed by atoms with van der Waals surface area (Å²) in [6.45, 7) is 5.91. The fourth-order valence-corrected chi connectivity index (χ4v) is 1.17. The number of aliphatic carboxylic acids is 1. The Morgan fingerprint density at radius 2 is 1.08 bits per heavy atom. The van der Waals surface area contributed by atoms with Gasteiger partial charge in [-0.05, 0) is 0 Å². The second-order valence-electron chi connectivity index (χ2n) is 4.37. The van der Waals surface area contributed by atoms with Crippen LogP contribution >= 0.6 is 0 Å². The van der Waals surface area contributed by atoms with Gasteiger partial charge in [0.1, 0.15) is 0 Å². The molecule has 0 fully saturated rings. The Morgan fingerprint density at radius 3 is 1.46 bits per heavy atom. The molecule has 0 unspecified atom stereocenters. The zero-order chi connectivity index (χ0) is 18.3. The molecular formula is C15H33NO8. The molecule has 0 heterocycles. The summed E-state index contributed by atoms with van der Waals surface area (Å²) in [7, 11) is 3.25. The highest BCUT2D eigenvalue weighted by atomic mass is 16.5. The molecular weight excluding hydrogens is 322 g/mol. The topological polar surface area (TPSA) is 119 Å². The van der Waals surface area contributed by atoms with Crippen LogP contribution in [0, 0.1) is 0 Å². The van der Waals surface area contributed by atoms with Crippen LogP contribution in [-0.2, 0) is 33.2 Å². The molecule has 3 N–H and O–H groups in total. The van der Waals surface area contributed by atoms with E-state index in [1.54, 1.807) is 14.2 Å². The molecule has 0 aliphatic heterocycles. The van der Waals surface area contributed by atoms with E-state index in [1.807, 2.05) is 0 Å². The van der Waals surface area contributed by atoms with Crippen molar-refractivity contribution in [3.63, 3.8) is 0 Å². The second-order valence-corrected chi connectivity index (χ2v) is 4.37. The molecule has 0 atom stereocenters. The monoisotopic (exact) mass is 355 g/mol. The Kier molecular flexibility index (Phi) is 25.9. The van der Waals surface area contributed by atoms with Crippen molar-refractivity contribution in [1.29, 1.82) is 0 Å². The van der Waals surface area contributed by atoms with E-state index in [4.69, 9.17) is 39.3 Å². The number of methoxy groups -OCH3 is 2. The summed E-state index contributed by atoms with van der Waals surface area (Å²) in [6, 6.07) is 0. The van der Waals surface area contributed by atoms with E-state index in [1.165, 1.54) is 0 Å². The van der Waals surface area contributed by atoms with Crippen LogP contribution in [0.2, 0.25) is 0 Å². The minimum Gasteiger partial charge on any atom is -0.481 e. The van der Waals surface area contributed by atoms with Gasteiger partial charge < -0.3 is 39.3 Å². The van der Waals surface area contributed by atoms with Crippen LogP contribution in [0.15, 0.2) is 0 Å². The summed E-state index contributed by atoms with van der Waals surface area (Å²) in [5.41, 5.74) is 5.21. The molecule has 0 saturated carbocycles. The van der Waals surface area contributed by atoms with Crippen LogP contribution in [0.1, 0.15) is 6.42 Å². The van der Waals surface area contributed by atoms with Crippen molar-refractivity contribution < 1.29 is 38.3 Å². The predicted octanol–water partition coefficient (Wildman–Crippen LogP) is -0.235. The first-order valence-electron chi connectivity index (χ1n) is 7.89. The molecule has 24 heavy (non-hydrogen) atoms. The normalized spacial score (nSPS) is 10.3. The SMILES string of the molecule is COCCOCCOCCC(=O)O.COCCOCCOCCN. The number of carboxylic acid groups (broad SMARTS) is 1. The van der Waals surface area contributed by atoms with Crippen LogP contribution in [0.4, 0.5) is 0 Å². The summed E-state index contributed by atoms with van der Waals surface area (Å²) in [5, 5.41) is 8.26. The van der Waals surface area contributed by atoms with Crippen molar-refractivity contribution in [1.82, 2.24) is 0 Å². The standard InChI is InChI=1S/C8H16O5.C7H17NO3/c1-11-4-5-13-7-6-12-3-2-8(9)10;1-9-4-5-11-7-6-10-3-2-8/h2-7H2,1H3,(H,9,10);2-8H2,1H3. The van der Waals surface area contributed by atoms with Crippen molar-refractivity contribution >= 4 is 5.97 Å². The largest absolute Gasteiger partial charge is 0.481 e. The molecule has 0 spiro atoms. The highest BCUT2D eigenvalue weighted by Crippen LogP contribution is 1.84. The van der Waals surface area contributed by atoms with E-state index in [0.29, 0.717) is 66.0 Å². The summed E-state index contributed by atoms with van der Waals surface area (Å²) < 4.78 is 29.8. The quantitative estimate of drug-likeness (QED) is 0.341. The van der Waals surface area contributed by atoms with Crippen molar-refractivity contribution in [2.45, 2.75) is 6.42 Å². The first-order valence-corrected chi connectivity index (χ1v) is 7.89. The summed E-state index contributed by atoms with van der Waals surface area (Å²) in [4.78, 5) is 10.0. The molecule has 0 saturated heterocycles. The van der Waals surface area contributed by atoms with Crippen LogP contribution in [0.25, 0.3) is 0 Å². The average molecular weight is 355 g/mol. The third-order valence-electron chi connectivity index (χ3n) is 2.33. The van der Waals surface area contributed by atoms with E-state index in [2.05, 4.69) is 0 Å². The number of carbonyl (C=O) groups is 1. The van der Waals surface area contributed by atoms with Gasteiger partial charge in [-0.3, -0.25) is 4.79 Å². The molecule has 0 bridgehead atoms. The van der Waals surface area contributed by atoms with Gasteiger partial charge in [-0.25, -0.2) is 0 Å². The lowest BCUT2D eigenvalue weighted by molar-refractivity contribution is -0.138. The Labute approximate surface area is 144 Å².